The highest BCUT2D eigenvalue weighted by Crippen LogP contribution is 2.15. The van der Waals surface area contributed by atoms with Crippen LogP contribution in [0.1, 0.15) is 26.7 Å². The number of hydrogen-bond acceptors (Lipinski definition) is 3. The van der Waals surface area contributed by atoms with E-state index in [4.69, 9.17) is 4.74 Å². The summed E-state index contributed by atoms with van der Waals surface area (Å²) >= 11 is 0. The van der Waals surface area contributed by atoms with E-state index in [1.165, 1.54) is 0 Å². The Morgan fingerprint density at radius 3 is 2.56 bits per heavy atom. The summed E-state index contributed by atoms with van der Waals surface area (Å²) < 4.78 is 5.14. The van der Waals surface area contributed by atoms with E-state index < -0.39 is 12.0 Å². The highest BCUT2D eigenvalue weighted by atomic mass is 16.5. The first kappa shape index (κ1) is 12.7. The van der Waals surface area contributed by atoms with Crippen LogP contribution in [0.3, 0.4) is 0 Å². The molecule has 0 spiro atoms. The molecule has 0 saturated heterocycles. The number of hydrogen-bond donors (Lipinski definition) is 1. The number of ether oxygens (including phenoxy) is 1. The zero-order valence-corrected chi connectivity index (χ0v) is 9.72. The first-order valence-electron chi connectivity index (χ1n) is 5.60. The number of aliphatic hydroxyl groups excluding tert-OH is 1. The fourth-order valence-electron chi connectivity index (χ4n) is 1.40. The topological polar surface area (TPSA) is 46.5 Å². The van der Waals surface area contributed by atoms with Gasteiger partial charge in [-0.15, -0.1) is 0 Å². The maximum absolute atomic E-state index is 11.6. The summed E-state index contributed by atoms with van der Waals surface area (Å²) in [6.45, 7) is 3.66. The average molecular weight is 222 g/mol. The molecule has 0 saturated carbocycles. The quantitative estimate of drug-likeness (QED) is 0.614. The molecule has 16 heavy (non-hydrogen) atoms. The zero-order valence-electron chi connectivity index (χ0n) is 9.72. The molecule has 88 valence electrons. The molecule has 1 aromatic carbocycles. The zero-order chi connectivity index (χ0) is 12.0. The SMILES string of the molecule is CCC[C@@H](O)[C@@H](C)C(=O)Oc1ccccc1. The first-order valence-corrected chi connectivity index (χ1v) is 5.60. The Morgan fingerprint density at radius 2 is 2.00 bits per heavy atom. The number of esters is 1. The van der Waals surface area contributed by atoms with Crippen LogP contribution >= 0.6 is 0 Å². The van der Waals surface area contributed by atoms with Crippen molar-refractivity contribution in [1.82, 2.24) is 0 Å². The van der Waals surface area contributed by atoms with Crippen LogP contribution in [-0.2, 0) is 4.79 Å². The third-order valence-corrected chi connectivity index (χ3v) is 2.50. The second-order valence-corrected chi connectivity index (χ2v) is 3.88. The van der Waals surface area contributed by atoms with Crippen LogP contribution in [0.4, 0.5) is 0 Å². The summed E-state index contributed by atoms with van der Waals surface area (Å²) in [6, 6.07) is 8.89. The Morgan fingerprint density at radius 1 is 1.38 bits per heavy atom. The predicted octanol–water partition coefficient (Wildman–Crippen LogP) is 2.39. The van der Waals surface area contributed by atoms with Crippen molar-refractivity contribution < 1.29 is 14.6 Å². The summed E-state index contributed by atoms with van der Waals surface area (Å²) in [5.74, 6) is -0.352. The molecule has 0 aliphatic rings. The van der Waals surface area contributed by atoms with Crippen LogP contribution in [0.15, 0.2) is 30.3 Å². The lowest BCUT2D eigenvalue weighted by molar-refractivity contribution is -0.142. The minimum Gasteiger partial charge on any atom is -0.426 e. The van der Waals surface area contributed by atoms with Crippen molar-refractivity contribution in [2.24, 2.45) is 5.92 Å². The highest BCUT2D eigenvalue weighted by molar-refractivity contribution is 5.75. The standard InChI is InChI=1S/C13H18O3/c1-3-7-12(14)10(2)13(15)16-11-8-5-4-6-9-11/h4-6,8-10,12,14H,3,7H2,1-2H3/t10-,12-/m1/s1. The predicted molar refractivity (Wildman–Crippen MR) is 62.2 cm³/mol. The molecule has 0 aromatic heterocycles. The van der Waals surface area contributed by atoms with Gasteiger partial charge in [0.1, 0.15) is 5.75 Å². The van der Waals surface area contributed by atoms with E-state index in [0.717, 1.165) is 6.42 Å². The summed E-state index contributed by atoms with van der Waals surface area (Å²) in [6.07, 6.45) is 0.844. The normalized spacial score (nSPS) is 14.2. The molecular weight excluding hydrogens is 204 g/mol. The van der Waals surface area contributed by atoms with Crippen LogP contribution in [0.2, 0.25) is 0 Å². The minimum atomic E-state index is -0.624. The monoisotopic (exact) mass is 222 g/mol. The van der Waals surface area contributed by atoms with Crippen molar-refractivity contribution in [3.05, 3.63) is 30.3 Å². The number of benzene rings is 1. The smallest absolute Gasteiger partial charge is 0.316 e. The van der Waals surface area contributed by atoms with E-state index in [9.17, 15) is 9.90 Å². The fraction of sp³-hybridized carbons (Fsp3) is 0.462. The second kappa shape index (κ2) is 6.28. The van der Waals surface area contributed by atoms with Crippen molar-refractivity contribution in [3.63, 3.8) is 0 Å². The summed E-state index contributed by atoms with van der Waals surface area (Å²) in [5.41, 5.74) is 0. The van der Waals surface area contributed by atoms with Gasteiger partial charge < -0.3 is 9.84 Å². The van der Waals surface area contributed by atoms with Gasteiger partial charge in [0, 0.05) is 0 Å². The molecule has 0 aliphatic carbocycles. The molecule has 0 fully saturated rings. The van der Waals surface area contributed by atoms with E-state index >= 15 is 0 Å². The molecule has 3 nitrogen and oxygen atoms in total. The molecule has 0 aliphatic heterocycles. The molecule has 1 N–H and O–H groups in total. The van der Waals surface area contributed by atoms with Crippen LogP contribution in [0.5, 0.6) is 5.75 Å². The summed E-state index contributed by atoms with van der Waals surface area (Å²) in [7, 11) is 0. The molecule has 0 radical (unpaired) electrons. The lowest BCUT2D eigenvalue weighted by Crippen LogP contribution is -2.29. The van der Waals surface area contributed by atoms with Gasteiger partial charge in [-0.05, 0) is 25.5 Å². The molecule has 3 heteroatoms. The Labute approximate surface area is 96.1 Å². The summed E-state index contributed by atoms with van der Waals surface area (Å²) in [4.78, 5) is 11.6. The van der Waals surface area contributed by atoms with E-state index in [0.29, 0.717) is 12.2 Å². The van der Waals surface area contributed by atoms with Crippen molar-refractivity contribution in [2.75, 3.05) is 0 Å². The van der Waals surface area contributed by atoms with Crippen LogP contribution < -0.4 is 4.74 Å². The van der Waals surface area contributed by atoms with E-state index in [2.05, 4.69) is 0 Å². The molecule has 0 unspecified atom stereocenters. The molecule has 0 amide bonds. The number of para-hydroxylation sites is 1. The first-order chi connectivity index (χ1) is 7.65. The number of carbonyl (C=O) groups excluding carboxylic acids is 1. The molecule has 0 heterocycles. The van der Waals surface area contributed by atoms with Gasteiger partial charge >= 0.3 is 5.97 Å². The Hall–Kier alpha value is -1.35. The average Bonchev–Trinajstić information content (AvgIpc) is 2.29. The molecule has 2 atom stereocenters. The van der Waals surface area contributed by atoms with E-state index in [-0.39, 0.29) is 5.97 Å². The van der Waals surface area contributed by atoms with Gasteiger partial charge in [-0.25, -0.2) is 0 Å². The molecule has 1 aromatic rings. The number of rotatable bonds is 5. The minimum absolute atomic E-state index is 0.382. The lowest BCUT2D eigenvalue weighted by atomic mass is 10.0. The highest BCUT2D eigenvalue weighted by Gasteiger charge is 2.23. The van der Waals surface area contributed by atoms with Crippen molar-refractivity contribution >= 4 is 5.97 Å². The van der Waals surface area contributed by atoms with Gasteiger partial charge in [0.25, 0.3) is 0 Å². The second-order valence-electron chi connectivity index (χ2n) is 3.88. The molecule has 0 bridgehead atoms. The number of aliphatic hydroxyl groups is 1. The Kier molecular flexibility index (Phi) is 4.99. The van der Waals surface area contributed by atoms with E-state index in [1.807, 2.05) is 13.0 Å². The van der Waals surface area contributed by atoms with Gasteiger partial charge in [-0.3, -0.25) is 4.79 Å². The maximum Gasteiger partial charge on any atom is 0.316 e. The van der Waals surface area contributed by atoms with Crippen LogP contribution in [0.25, 0.3) is 0 Å². The third kappa shape index (κ3) is 3.66. The largest absolute Gasteiger partial charge is 0.426 e. The van der Waals surface area contributed by atoms with Crippen LogP contribution in [0, 0.1) is 5.92 Å². The molecule has 1 rings (SSSR count). The van der Waals surface area contributed by atoms with Crippen molar-refractivity contribution in [3.8, 4) is 5.75 Å². The van der Waals surface area contributed by atoms with Gasteiger partial charge in [0.05, 0.1) is 12.0 Å². The Balaban J connectivity index is 2.52. The van der Waals surface area contributed by atoms with Gasteiger partial charge in [-0.1, -0.05) is 31.5 Å². The van der Waals surface area contributed by atoms with Crippen LogP contribution in [-0.4, -0.2) is 17.2 Å². The van der Waals surface area contributed by atoms with Crippen molar-refractivity contribution in [2.45, 2.75) is 32.8 Å². The number of carbonyl (C=O) groups is 1. The summed E-state index contributed by atoms with van der Waals surface area (Å²) in [5, 5.41) is 9.67. The third-order valence-electron chi connectivity index (χ3n) is 2.50. The van der Waals surface area contributed by atoms with Crippen molar-refractivity contribution in [1.29, 1.82) is 0 Å². The van der Waals surface area contributed by atoms with E-state index in [1.54, 1.807) is 31.2 Å². The Bertz CT molecular complexity index is 321. The fourth-order valence-corrected chi connectivity index (χ4v) is 1.40. The molecular formula is C13H18O3. The lowest BCUT2D eigenvalue weighted by Gasteiger charge is -2.16. The van der Waals surface area contributed by atoms with Gasteiger partial charge in [0.15, 0.2) is 0 Å². The maximum atomic E-state index is 11.6. The van der Waals surface area contributed by atoms with Gasteiger partial charge in [0.2, 0.25) is 0 Å². The van der Waals surface area contributed by atoms with Gasteiger partial charge in [-0.2, -0.15) is 0 Å².